The van der Waals surface area contributed by atoms with Gasteiger partial charge < -0.3 is 10.3 Å². The third-order valence-electron chi connectivity index (χ3n) is 6.81. The van der Waals surface area contributed by atoms with Crippen LogP contribution in [0.5, 0.6) is 0 Å². The maximum Gasteiger partial charge on any atom is 0.263 e. The van der Waals surface area contributed by atoms with Crippen LogP contribution in [0.25, 0.3) is 22.0 Å². The molecule has 0 aliphatic heterocycles. The third-order valence-corrected chi connectivity index (χ3v) is 8.36. The van der Waals surface area contributed by atoms with Crippen molar-refractivity contribution >= 4 is 45.6 Å². The topological polar surface area (TPSA) is 87.7 Å². The molecule has 9 heteroatoms. The first-order valence-corrected chi connectivity index (χ1v) is 15.2. The fourth-order valence-electron chi connectivity index (χ4n) is 4.69. The van der Waals surface area contributed by atoms with Crippen molar-refractivity contribution in [3.8, 4) is 11.3 Å². The van der Waals surface area contributed by atoms with Crippen LogP contribution in [0.4, 0.5) is 4.39 Å². The molecule has 0 unspecified atom stereocenters. The minimum Gasteiger partial charge on any atom is -0.341 e. The van der Waals surface area contributed by atoms with Crippen molar-refractivity contribution in [2.75, 3.05) is 6.26 Å². The average Bonchev–Trinajstić information content (AvgIpc) is 3.69. The summed E-state index contributed by atoms with van der Waals surface area (Å²) in [5.41, 5.74) is 4.11. The minimum atomic E-state index is -0.339. The first kappa shape index (κ1) is 27.7. The van der Waals surface area contributed by atoms with E-state index in [9.17, 15) is 14.0 Å². The van der Waals surface area contributed by atoms with E-state index in [0.29, 0.717) is 40.4 Å². The number of nitrogens with zero attached hydrogens (tertiary/aromatic N) is 2. The van der Waals surface area contributed by atoms with E-state index in [1.54, 1.807) is 24.0 Å². The van der Waals surface area contributed by atoms with Crippen LogP contribution < -0.4 is 5.32 Å². The molecule has 1 atom stereocenters. The highest BCUT2D eigenvalue weighted by molar-refractivity contribution is 7.98. The molecule has 0 radical (unpaired) electrons. The number of carbonyl (C=O) groups excluding carboxylic acids is 2. The molecule has 2 aromatic heterocycles. The van der Waals surface area contributed by atoms with E-state index in [0.717, 1.165) is 29.5 Å². The van der Waals surface area contributed by atoms with Gasteiger partial charge in [0.25, 0.3) is 5.91 Å². The number of imidazole rings is 1. The second-order valence-electron chi connectivity index (χ2n) is 9.50. The molecule has 5 rings (SSSR count). The van der Waals surface area contributed by atoms with Crippen molar-refractivity contribution in [1.29, 1.82) is 0 Å². The lowest BCUT2D eigenvalue weighted by molar-refractivity contribution is 0.0935. The molecule has 0 saturated carbocycles. The normalized spacial score (nSPS) is 11.9. The number of unbranched alkanes of at least 4 members (excludes halogenated alkanes) is 2. The summed E-state index contributed by atoms with van der Waals surface area (Å²) in [7, 11) is 0. The number of aromatic nitrogens is 3. The van der Waals surface area contributed by atoms with Crippen LogP contribution in [0, 0.1) is 5.82 Å². The molecule has 204 valence electrons. The van der Waals surface area contributed by atoms with Gasteiger partial charge in [0, 0.05) is 22.4 Å². The average molecular weight is 573 g/mol. The maximum atomic E-state index is 13.5. The minimum absolute atomic E-state index is 0.0189. The molecule has 0 spiro atoms. The lowest BCUT2D eigenvalue weighted by atomic mass is 10.0. The summed E-state index contributed by atoms with van der Waals surface area (Å²) in [6.45, 7) is 0. The first-order valence-electron chi connectivity index (χ1n) is 13.1. The Kier molecular flexibility index (Phi) is 9.03. The van der Waals surface area contributed by atoms with Crippen molar-refractivity contribution in [1.82, 2.24) is 20.3 Å². The molecule has 1 amide bonds. The van der Waals surface area contributed by atoms with Crippen LogP contribution >= 0.6 is 23.1 Å². The standard InChI is InChI=1S/C31H29FN4O2S2/c1-39-28-16-23(32)13-14-24(28)27(37)10-4-2-3-9-25(36-31(38)29-18-33-19-40-29)30-34-17-26(35-30)22-12-11-20-7-5-6-8-21(20)15-22/h5-8,11-19,25H,2-4,9-10H2,1H3,(H,34,35)(H,36,38)/t25-/m0/s1. The number of aromatic amines is 1. The number of hydrogen-bond acceptors (Lipinski definition) is 6. The Morgan fingerprint density at radius 1 is 1.02 bits per heavy atom. The molecule has 2 N–H and O–H groups in total. The number of rotatable bonds is 12. The number of carbonyl (C=O) groups is 2. The Bertz CT molecular complexity index is 1620. The SMILES string of the molecule is CSc1cc(F)ccc1C(=O)CCCCC[C@H](NC(=O)c1cncs1)c1ncc(-c2ccc3ccccc3c2)[nH]1. The van der Waals surface area contributed by atoms with E-state index in [1.807, 2.05) is 18.4 Å². The van der Waals surface area contributed by atoms with E-state index in [-0.39, 0.29) is 23.5 Å². The van der Waals surface area contributed by atoms with Gasteiger partial charge in [0.2, 0.25) is 0 Å². The zero-order valence-corrected chi connectivity index (χ0v) is 23.7. The van der Waals surface area contributed by atoms with Crippen LogP contribution in [0.3, 0.4) is 0 Å². The smallest absolute Gasteiger partial charge is 0.263 e. The number of thiazole rings is 1. The van der Waals surface area contributed by atoms with Gasteiger partial charge in [0.15, 0.2) is 5.78 Å². The van der Waals surface area contributed by atoms with Crippen LogP contribution in [0.2, 0.25) is 0 Å². The van der Waals surface area contributed by atoms with Gasteiger partial charge in [-0.1, -0.05) is 49.2 Å². The number of H-pyrrole nitrogens is 1. The van der Waals surface area contributed by atoms with Crippen molar-refractivity contribution in [3.05, 3.63) is 101 Å². The molecule has 3 aromatic carbocycles. The number of benzene rings is 3. The van der Waals surface area contributed by atoms with Gasteiger partial charge in [-0.2, -0.15) is 0 Å². The zero-order chi connectivity index (χ0) is 27.9. The monoisotopic (exact) mass is 572 g/mol. The highest BCUT2D eigenvalue weighted by Crippen LogP contribution is 2.27. The number of hydrogen-bond donors (Lipinski definition) is 2. The van der Waals surface area contributed by atoms with E-state index >= 15 is 0 Å². The molecule has 0 fully saturated rings. The molecule has 6 nitrogen and oxygen atoms in total. The second kappa shape index (κ2) is 13.0. The number of ketones is 1. The number of thioether (sulfide) groups is 1. The third kappa shape index (κ3) is 6.66. The van der Waals surface area contributed by atoms with Gasteiger partial charge in [-0.15, -0.1) is 23.1 Å². The number of nitrogens with one attached hydrogen (secondary N) is 2. The Morgan fingerprint density at radius 3 is 2.67 bits per heavy atom. The molecular weight excluding hydrogens is 543 g/mol. The summed E-state index contributed by atoms with van der Waals surface area (Å²) in [6.07, 6.45) is 8.57. The van der Waals surface area contributed by atoms with Crippen molar-refractivity contribution < 1.29 is 14.0 Å². The summed E-state index contributed by atoms with van der Waals surface area (Å²) in [5.74, 6) is 0.180. The zero-order valence-electron chi connectivity index (χ0n) is 22.0. The predicted molar refractivity (Wildman–Crippen MR) is 159 cm³/mol. The predicted octanol–water partition coefficient (Wildman–Crippen LogP) is 7.85. The molecule has 0 aliphatic rings. The summed E-state index contributed by atoms with van der Waals surface area (Å²) in [5, 5.41) is 5.42. The second-order valence-corrected chi connectivity index (χ2v) is 11.2. The molecule has 0 bridgehead atoms. The molecule has 2 heterocycles. The van der Waals surface area contributed by atoms with E-state index in [2.05, 4.69) is 50.6 Å². The van der Waals surface area contributed by atoms with E-state index in [4.69, 9.17) is 0 Å². The van der Waals surface area contributed by atoms with Crippen LogP contribution in [-0.2, 0) is 0 Å². The summed E-state index contributed by atoms with van der Waals surface area (Å²) in [4.78, 5) is 38.9. The quantitative estimate of drug-likeness (QED) is 0.0903. The molecule has 0 aliphatic carbocycles. The molecule has 0 saturated heterocycles. The Labute approximate surface area is 240 Å². The highest BCUT2D eigenvalue weighted by Gasteiger charge is 2.20. The molecular formula is C31H29FN4O2S2. The summed E-state index contributed by atoms with van der Waals surface area (Å²) >= 11 is 2.67. The first-order chi connectivity index (χ1) is 19.5. The van der Waals surface area contributed by atoms with Gasteiger partial charge in [-0.05, 0) is 54.1 Å². The van der Waals surface area contributed by atoms with Gasteiger partial charge in [0.1, 0.15) is 16.5 Å². The summed E-state index contributed by atoms with van der Waals surface area (Å²) in [6, 6.07) is 18.5. The van der Waals surface area contributed by atoms with Crippen LogP contribution in [0.1, 0.15) is 64.0 Å². The number of amides is 1. The number of fused-ring (bicyclic) bond motifs is 1. The molecule has 40 heavy (non-hydrogen) atoms. The Morgan fingerprint density at radius 2 is 1.88 bits per heavy atom. The Balaban J connectivity index is 1.24. The summed E-state index contributed by atoms with van der Waals surface area (Å²) < 4.78 is 13.5. The van der Waals surface area contributed by atoms with E-state index < -0.39 is 0 Å². The van der Waals surface area contributed by atoms with Crippen molar-refractivity contribution in [2.24, 2.45) is 0 Å². The van der Waals surface area contributed by atoms with Gasteiger partial charge in [0.05, 0.1) is 29.6 Å². The highest BCUT2D eigenvalue weighted by atomic mass is 32.2. The van der Waals surface area contributed by atoms with Gasteiger partial charge in [-0.25, -0.2) is 9.37 Å². The Hall–Kier alpha value is -3.82. The lowest BCUT2D eigenvalue weighted by Gasteiger charge is -2.16. The van der Waals surface area contributed by atoms with Crippen LogP contribution in [0.15, 0.2) is 83.5 Å². The van der Waals surface area contributed by atoms with Gasteiger partial charge >= 0.3 is 0 Å². The van der Waals surface area contributed by atoms with E-state index in [1.165, 1.54) is 40.6 Å². The maximum absolute atomic E-state index is 13.5. The lowest BCUT2D eigenvalue weighted by Crippen LogP contribution is -2.28. The fourth-order valence-corrected chi connectivity index (χ4v) is 5.85. The molecule has 5 aromatic rings. The van der Waals surface area contributed by atoms with Gasteiger partial charge in [-0.3, -0.25) is 14.6 Å². The number of halogens is 1. The fraction of sp³-hybridized carbons (Fsp3) is 0.226. The van der Waals surface area contributed by atoms with Crippen molar-refractivity contribution in [3.63, 3.8) is 0 Å². The largest absolute Gasteiger partial charge is 0.341 e. The van der Waals surface area contributed by atoms with Crippen LogP contribution in [-0.4, -0.2) is 32.9 Å². The number of Topliss-reactive ketones (excluding diaryl/α,β-unsaturated/α-hetero) is 1. The van der Waals surface area contributed by atoms with Crippen molar-refractivity contribution in [2.45, 2.75) is 43.0 Å².